The van der Waals surface area contributed by atoms with Gasteiger partial charge in [0.1, 0.15) is 29.2 Å². The minimum absolute atomic E-state index is 0.0343. The summed E-state index contributed by atoms with van der Waals surface area (Å²) in [6, 6.07) is 3.93. The van der Waals surface area contributed by atoms with E-state index in [0.29, 0.717) is 42.8 Å². The van der Waals surface area contributed by atoms with E-state index in [1.54, 1.807) is 19.2 Å². The highest BCUT2D eigenvalue weighted by Gasteiger charge is 2.43. The van der Waals surface area contributed by atoms with Gasteiger partial charge in [-0.15, -0.1) is 5.10 Å². The summed E-state index contributed by atoms with van der Waals surface area (Å²) in [5, 5.41) is 27.8. The lowest BCUT2D eigenvalue weighted by Crippen LogP contribution is -2.52. The number of aromatic nitrogens is 5. The zero-order chi connectivity index (χ0) is 24.3. The molecule has 0 radical (unpaired) electrons. The molecule has 0 amide bonds. The number of ether oxygens (including phenoxy) is 2. The SMILES string of the molecule is [2H]C([2H])([2H])n1cc(Nc2ncc3cc(C#N)n([C@H]4COC[C@@H]4C)c3n2)c(O[C@@H]2CC[C@@]2(C)O)n1. The van der Waals surface area contributed by atoms with Crippen LogP contribution < -0.4 is 10.1 Å². The maximum atomic E-state index is 10.3. The normalized spacial score (nSPS) is 29.6. The molecule has 0 spiro atoms. The summed E-state index contributed by atoms with van der Waals surface area (Å²) in [6.07, 6.45) is 3.61. The Balaban J connectivity index is 1.51. The molecular formula is C21H25N7O3. The Kier molecular flexibility index (Phi) is 3.85. The van der Waals surface area contributed by atoms with Crippen molar-refractivity contribution in [1.29, 1.82) is 5.26 Å². The molecule has 1 aliphatic heterocycles. The van der Waals surface area contributed by atoms with E-state index in [0.717, 1.165) is 4.68 Å². The number of hydrogen-bond donors (Lipinski definition) is 2. The number of aliphatic hydroxyl groups is 1. The van der Waals surface area contributed by atoms with E-state index in [2.05, 4.69) is 33.4 Å². The van der Waals surface area contributed by atoms with Crippen LogP contribution in [0, 0.1) is 17.2 Å². The largest absolute Gasteiger partial charge is 0.469 e. The molecule has 1 saturated carbocycles. The molecule has 1 aliphatic carbocycles. The summed E-state index contributed by atoms with van der Waals surface area (Å²) in [5.74, 6) is 0.441. The number of aryl methyl sites for hydroxylation is 1. The molecule has 3 aromatic heterocycles. The van der Waals surface area contributed by atoms with Gasteiger partial charge in [-0.2, -0.15) is 10.2 Å². The minimum atomic E-state index is -2.51. The molecule has 2 aliphatic rings. The Hall–Kier alpha value is -3.16. The summed E-state index contributed by atoms with van der Waals surface area (Å²) in [5.41, 5.74) is 0.291. The lowest BCUT2D eigenvalue weighted by molar-refractivity contribution is -0.119. The van der Waals surface area contributed by atoms with Crippen LogP contribution in [0.25, 0.3) is 11.0 Å². The van der Waals surface area contributed by atoms with E-state index in [1.165, 1.54) is 6.20 Å². The van der Waals surface area contributed by atoms with Gasteiger partial charge < -0.3 is 24.5 Å². The number of nitrogens with one attached hydrogen (secondary N) is 1. The number of anilines is 2. The van der Waals surface area contributed by atoms with E-state index in [1.807, 2.05) is 4.57 Å². The number of fused-ring (bicyclic) bond motifs is 1. The lowest BCUT2D eigenvalue weighted by atomic mass is 9.79. The number of nitrogens with zero attached hydrogens (tertiary/aromatic N) is 6. The maximum Gasteiger partial charge on any atom is 0.257 e. The topological polar surface area (TPSA) is 123 Å². The van der Waals surface area contributed by atoms with Crippen LogP contribution in [-0.2, 0) is 11.7 Å². The zero-order valence-corrected chi connectivity index (χ0v) is 17.2. The third-order valence-corrected chi connectivity index (χ3v) is 6.14. The van der Waals surface area contributed by atoms with Gasteiger partial charge in [0, 0.05) is 28.6 Å². The summed E-state index contributed by atoms with van der Waals surface area (Å²) < 4.78 is 37.2. The highest BCUT2D eigenvalue weighted by Crippen LogP contribution is 2.37. The summed E-state index contributed by atoms with van der Waals surface area (Å²) in [6.45, 7) is 2.30. The van der Waals surface area contributed by atoms with E-state index in [9.17, 15) is 10.4 Å². The molecule has 3 aromatic rings. The first-order valence-corrected chi connectivity index (χ1v) is 10.2. The Morgan fingerprint density at radius 2 is 2.35 bits per heavy atom. The molecular weight excluding hydrogens is 398 g/mol. The van der Waals surface area contributed by atoms with Crippen molar-refractivity contribution < 1.29 is 18.7 Å². The van der Waals surface area contributed by atoms with Crippen molar-refractivity contribution in [1.82, 2.24) is 24.3 Å². The number of nitriles is 1. The average molecular weight is 426 g/mol. The van der Waals surface area contributed by atoms with Gasteiger partial charge in [-0.3, -0.25) is 4.68 Å². The van der Waals surface area contributed by atoms with Crippen molar-refractivity contribution >= 4 is 22.7 Å². The van der Waals surface area contributed by atoms with Crippen molar-refractivity contribution in [2.45, 2.75) is 44.4 Å². The second-order valence-corrected chi connectivity index (χ2v) is 8.49. The molecule has 0 bridgehead atoms. The zero-order valence-electron chi connectivity index (χ0n) is 20.2. The van der Waals surface area contributed by atoms with Crippen LogP contribution in [0.3, 0.4) is 0 Å². The lowest BCUT2D eigenvalue weighted by Gasteiger charge is -2.41. The van der Waals surface area contributed by atoms with Gasteiger partial charge in [-0.25, -0.2) is 4.98 Å². The molecule has 0 unspecified atom stereocenters. The Bertz CT molecular complexity index is 1280. The van der Waals surface area contributed by atoms with Crippen LogP contribution >= 0.6 is 0 Å². The fourth-order valence-electron chi connectivity index (χ4n) is 4.12. The highest BCUT2D eigenvalue weighted by atomic mass is 16.5. The van der Waals surface area contributed by atoms with Crippen molar-refractivity contribution in [3.05, 3.63) is 24.2 Å². The second kappa shape index (κ2) is 7.21. The molecule has 2 N–H and O–H groups in total. The van der Waals surface area contributed by atoms with Crippen LogP contribution in [-0.4, -0.2) is 54.3 Å². The second-order valence-electron chi connectivity index (χ2n) is 8.49. The quantitative estimate of drug-likeness (QED) is 0.637. The molecule has 10 heteroatoms. The average Bonchev–Trinajstić information content (AvgIpc) is 3.47. The fraction of sp³-hybridized carbons (Fsp3) is 0.524. The van der Waals surface area contributed by atoms with Crippen molar-refractivity contribution in [3.63, 3.8) is 0 Å². The Morgan fingerprint density at radius 1 is 1.48 bits per heavy atom. The Labute approximate surface area is 183 Å². The maximum absolute atomic E-state index is 10.3. The first-order chi connectivity index (χ1) is 16.1. The highest BCUT2D eigenvalue weighted by molar-refractivity contribution is 5.79. The van der Waals surface area contributed by atoms with Gasteiger partial charge >= 0.3 is 0 Å². The predicted molar refractivity (Wildman–Crippen MR) is 112 cm³/mol. The van der Waals surface area contributed by atoms with E-state index < -0.39 is 18.7 Å². The summed E-state index contributed by atoms with van der Waals surface area (Å²) in [4.78, 5) is 8.96. The van der Waals surface area contributed by atoms with Gasteiger partial charge in [-0.1, -0.05) is 6.92 Å². The predicted octanol–water partition coefficient (Wildman–Crippen LogP) is 2.28. The van der Waals surface area contributed by atoms with E-state index >= 15 is 0 Å². The van der Waals surface area contributed by atoms with Crippen LogP contribution in [0.5, 0.6) is 5.88 Å². The van der Waals surface area contributed by atoms with Crippen LogP contribution in [0.2, 0.25) is 0 Å². The molecule has 10 nitrogen and oxygen atoms in total. The van der Waals surface area contributed by atoms with Gasteiger partial charge in [0.05, 0.1) is 31.1 Å². The monoisotopic (exact) mass is 426 g/mol. The van der Waals surface area contributed by atoms with Gasteiger partial charge in [0.15, 0.2) is 0 Å². The first-order valence-electron chi connectivity index (χ1n) is 11.7. The molecule has 5 rings (SSSR count). The minimum Gasteiger partial charge on any atom is -0.469 e. The molecule has 2 fully saturated rings. The van der Waals surface area contributed by atoms with Crippen LogP contribution in [0.4, 0.5) is 11.6 Å². The van der Waals surface area contributed by atoms with E-state index in [4.69, 9.17) is 13.6 Å². The smallest absolute Gasteiger partial charge is 0.257 e. The van der Waals surface area contributed by atoms with Gasteiger partial charge in [-0.05, 0) is 25.8 Å². The van der Waals surface area contributed by atoms with Crippen molar-refractivity contribution in [3.8, 4) is 11.9 Å². The van der Waals surface area contributed by atoms with Crippen LogP contribution in [0.15, 0.2) is 18.5 Å². The van der Waals surface area contributed by atoms with Gasteiger partial charge in [0.2, 0.25) is 5.95 Å². The molecule has 4 atom stereocenters. The third-order valence-electron chi connectivity index (χ3n) is 6.14. The summed E-state index contributed by atoms with van der Waals surface area (Å²) >= 11 is 0. The van der Waals surface area contributed by atoms with E-state index in [-0.39, 0.29) is 29.5 Å². The van der Waals surface area contributed by atoms with Crippen LogP contribution in [0.1, 0.15) is 42.5 Å². The molecule has 0 aromatic carbocycles. The molecule has 4 heterocycles. The first kappa shape index (κ1) is 16.5. The number of hydrogen-bond acceptors (Lipinski definition) is 8. The fourth-order valence-corrected chi connectivity index (χ4v) is 4.12. The van der Waals surface area contributed by atoms with Gasteiger partial charge in [0.25, 0.3) is 5.88 Å². The Morgan fingerprint density at radius 3 is 3.00 bits per heavy atom. The third kappa shape index (κ3) is 3.40. The molecule has 162 valence electrons. The summed E-state index contributed by atoms with van der Waals surface area (Å²) in [7, 11) is 0. The number of rotatable bonds is 5. The molecule has 31 heavy (non-hydrogen) atoms. The standard InChI is InChI=1S/C21H25N7O3/c1-12-10-30-11-16(12)28-14(7-22)6-13-8-23-20(25-18(13)28)24-15-9-27(3)26-19(15)31-17-4-5-21(17,2)29/h6,8-9,12,16-17,29H,4-5,10-11H2,1-3H3,(H,23,24,25)/t12-,16-,17+,21+/m0/s1/i3D3. The molecule has 1 saturated heterocycles. The van der Waals surface area contributed by atoms with Crippen molar-refractivity contribution in [2.24, 2.45) is 12.9 Å². The van der Waals surface area contributed by atoms with Crippen molar-refractivity contribution in [2.75, 3.05) is 18.5 Å².